The van der Waals surface area contributed by atoms with E-state index in [0.717, 1.165) is 5.56 Å². The second-order valence-corrected chi connectivity index (χ2v) is 5.66. The zero-order valence-corrected chi connectivity index (χ0v) is 13.8. The number of amides is 1. The van der Waals surface area contributed by atoms with E-state index in [4.69, 9.17) is 11.6 Å². The highest BCUT2D eigenvalue weighted by atomic mass is 35.5. The van der Waals surface area contributed by atoms with Gasteiger partial charge in [0.25, 0.3) is 0 Å². The quantitative estimate of drug-likeness (QED) is 0.833. The van der Waals surface area contributed by atoms with Gasteiger partial charge < -0.3 is 10.1 Å². The molecule has 1 unspecified atom stereocenters. The molecule has 4 nitrogen and oxygen atoms in total. The molecule has 0 fully saturated rings. The van der Waals surface area contributed by atoms with Gasteiger partial charge in [0.2, 0.25) is 5.91 Å². The van der Waals surface area contributed by atoms with E-state index < -0.39 is 5.97 Å². The second-order valence-electron chi connectivity index (χ2n) is 5.25. The molecule has 1 atom stereocenters. The van der Waals surface area contributed by atoms with Crippen molar-refractivity contribution in [2.45, 2.75) is 19.3 Å². The second kappa shape index (κ2) is 7.79. The number of carbonyl (C=O) groups is 2. The highest BCUT2D eigenvalue weighted by Crippen LogP contribution is 2.23. The average molecular weight is 332 g/mol. The fourth-order valence-corrected chi connectivity index (χ4v) is 2.45. The largest absolute Gasteiger partial charge is 0.465 e. The molecule has 1 N–H and O–H groups in total. The van der Waals surface area contributed by atoms with Crippen molar-refractivity contribution in [1.82, 2.24) is 0 Å². The highest BCUT2D eigenvalue weighted by Gasteiger charge is 2.14. The summed E-state index contributed by atoms with van der Waals surface area (Å²) in [6, 6.07) is 14.6. The molecule has 0 aliphatic carbocycles. The van der Waals surface area contributed by atoms with Gasteiger partial charge in [-0.3, -0.25) is 4.79 Å². The number of hydrogen-bond acceptors (Lipinski definition) is 3. The van der Waals surface area contributed by atoms with Crippen LogP contribution in [-0.4, -0.2) is 19.0 Å². The van der Waals surface area contributed by atoms with Crippen LogP contribution in [0, 0.1) is 0 Å². The Morgan fingerprint density at radius 1 is 1.17 bits per heavy atom. The molecule has 1 amide bonds. The first-order valence-electron chi connectivity index (χ1n) is 7.24. The summed E-state index contributed by atoms with van der Waals surface area (Å²) >= 11 is 5.96. The van der Waals surface area contributed by atoms with Crippen molar-refractivity contribution >= 4 is 29.2 Å². The molecule has 0 aliphatic rings. The molecule has 120 valence electrons. The van der Waals surface area contributed by atoms with Crippen molar-refractivity contribution in [2.75, 3.05) is 12.4 Å². The fourth-order valence-electron chi connectivity index (χ4n) is 2.26. The Balaban J connectivity index is 2.04. The molecule has 0 saturated carbocycles. The van der Waals surface area contributed by atoms with Crippen LogP contribution in [0.1, 0.15) is 35.2 Å². The SMILES string of the molecule is COC(=O)c1cc(NC(=O)CC(C)c2ccccc2)ccc1Cl. The molecule has 0 saturated heterocycles. The van der Waals surface area contributed by atoms with Crippen LogP contribution in [-0.2, 0) is 9.53 Å². The molecule has 5 heteroatoms. The van der Waals surface area contributed by atoms with E-state index in [1.165, 1.54) is 13.2 Å². The normalized spacial score (nSPS) is 11.6. The van der Waals surface area contributed by atoms with Crippen LogP contribution in [0.5, 0.6) is 0 Å². The molecule has 0 aromatic heterocycles. The van der Waals surface area contributed by atoms with E-state index >= 15 is 0 Å². The van der Waals surface area contributed by atoms with E-state index in [1.807, 2.05) is 37.3 Å². The van der Waals surface area contributed by atoms with Gasteiger partial charge in [-0.1, -0.05) is 48.9 Å². The van der Waals surface area contributed by atoms with Crippen LogP contribution in [0.4, 0.5) is 5.69 Å². The molecule has 2 rings (SSSR count). The summed E-state index contributed by atoms with van der Waals surface area (Å²) in [5.74, 6) is -0.563. The highest BCUT2D eigenvalue weighted by molar-refractivity contribution is 6.33. The van der Waals surface area contributed by atoms with Gasteiger partial charge in [-0.05, 0) is 29.7 Å². The van der Waals surface area contributed by atoms with E-state index in [9.17, 15) is 9.59 Å². The number of nitrogens with one attached hydrogen (secondary N) is 1. The van der Waals surface area contributed by atoms with Gasteiger partial charge in [0.15, 0.2) is 0 Å². The summed E-state index contributed by atoms with van der Waals surface area (Å²) in [7, 11) is 1.28. The van der Waals surface area contributed by atoms with E-state index in [2.05, 4.69) is 10.1 Å². The molecular formula is C18H18ClNO3. The van der Waals surface area contributed by atoms with Crippen LogP contribution in [0.15, 0.2) is 48.5 Å². The lowest BCUT2D eigenvalue weighted by atomic mass is 9.97. The number of esters is 1. The Labute approximate surface area is 140 Å². The molecule has 0 bridgehead atoms. The number of anilines is 1. The fraction of sp³-hybridized carbons (Fsp3) is 0.222. The summed E-state index contributed by atoms with van der Waals surface area (Å²) in [4.78, 5) is 23.8. The smallest absolute Gasteiger partial charge is 0.339 e. The molecule has 2 aromatic carbocycles. The molecular weight excluding hydrogens is 314 g/mol. The Morgan fingerprint density at radius 2 is 1.87 bits per heavy atom. The minimum Gasteiger partial charge on any atom is -0.465 e. The monoisotopic (exact) mass is 331 g/mol. The van der Waals surface area contributed by atoms with Crippen LogP contribution >= 0.6 is 11.6 Å². The first-order valence-corrected chi connectivity index (χ1v) is 7.61. The van der Waals surface area contributed by atoms with Crippen molar-refractivity contribution in [3.8, 4) is 0 Å². The van der Waals surface area contributed by atoms with Gasteiger partial charge in [-0.2, -0.15) is 0 Å². The molecule has 2 aromatic rings. The number of halogens is 1. The van der Waals surface area contributed by atoms with Gasteiger partial charge in [0.1, 0.15) is 0 Å². The van der Waals surface area contributed by atoms with E-state index in [-0.39, 0.29) is 22.4 Å². The maximum Gasteiger partial charge on any atom is 0.339 e. The minimum absolute atomic E-state index is 0.101. The number of hydrogen-bond donors (Lipinski definition) is 1. The summed E-state index contributed by atoms with van der Waals surface area (Å²) in [5, 5.41) is 3.07. The number of rotatable bonds is 5. The van der Waals surface area contributed by atoms with Crippen molar-refractivity contribution in [2.24, 2.45) is 0 Å². The maximum atomic E-state index is 12.2. The Bertz CT molecular complexity index is 701. The van der Waals surface area contributed by atoms with Crippen molar-refractivity contribution in [1.29, 1.82) is 0 Å². The first kappa shape index (κ1) is 17.0. The number of ether oxygens (including phenoxy) is 1. The minimum atomic E-state index is -0.538. The number of benzene rings is 2. The van der Waals surface area contributed by atoms with Crippen LogP contribution < -0.4 is 5.32 Å². The first-order chi connectivity index (χ1) is 11.0. The maximum absolute atomic E-state index is 12.2. The Hall–Kier alpha value is -2.33. The molecule has 0 heterocycles. The van der Waals surface area contributed by atoms with Gasteiger partial charge in [-0.25, -0.2) is 4.79 Å². The van der Waals surface area contributed by atoms with Crippen molar-refractivity contribution in [3.63, 3.8) is 0 Å². The van der Waals surface area contributed by atoms with Crippen LogP contribution in [0.25, 0.3) is 0 Å². The summed E-state index contributed by atoms with van der Waals surface area (Å²) in [5.41, 5.74) is 1.84. The Kier molecular flexibility index (Phi) is 5.77. The number of methoxy groups -OCH3 is 1. The Morgan fingerprint density at radius 3 is 2.52 bits per heavy atom. The summed E-state index contributed by atoms with van der Waals surface area (Å²) in [6.45, 7) is 2.00. The topological polar surface area (TPSA) is 55.4 Å². The van der Waals surface area contributed by atoms with Crippen molar-refractivity contribution < 1.29 is 14.3 Å². The predicted octanol–water partition coefficient (Wildman–Crippen LogP) is 4.26. The van der Waals surface area contributed by atoms with E-state index in [0.29, 0.717) is 12.1 Å². The average Bonchev–Trinajstić information content (AvgIpc) is 2.56. The molecule has 0 spiro atoms. The lowest BCUT2D eigenvalue weighted by Gasteiger charge is -2.12. The van der Waals surface area contributed by atoms with Gasteiger partial charge in [-0.15, -0.1) is 0 Å². The lowest BCUT2D eigenvalue weighted by molar-refractivity contribution is -0.116. The van der Waals surface area contributed by atoms with Crippen molar-refractivity contribution in [3.05, 3.63) is 64.7 Å². The third kappa shape index (κ3) is 4.57. The van der Waals surface area contributed by atoms with Gasteiger partial charge >= 0.3 is 5.97 Å². The van der Waals surface area contributed by atoms with Crippen LogP contribution in [0.2, 0.25) is 5.02 Å². The zero-order valence-electron chi connectivity index (χ0n) is 13.0. The third-order valence-corrected chi connectivity index (χ3v) is 3.85. The van der Waals surface area contributed by atoms with E-state index in [1.54, 1.807) is 12.1 Å². The molecule has 23 heavy (non-hydrogen) atoms. The standard InChI is InChI=1S/C18H18ClNO3/c1-12(13-6-4-3-5-7-13)10-17(21)20-14-8-9-16(19)15(11-14)18(22)23-2/h3-9,11-12H,10H2,1-2H3,(H,20,21). The summed E-state index contributed by atoms with van der Waals surface area (Å²) < 4.78 is 4.66. The van der Waals surface area contributed by atoms with Crippen LogP contribution in [0.3, 0.4) is 0 Å². The molecule has 0 aliphatic heterocycles. The van der Waals surface area contributed by atoms with Gasteiger partial charge in [0.05, 0.1) is 17.7 Å². The zero-order chi connectivity index (χ0) is 16.8. The number of carbonyl (C=O) groups excluding carboxylic acids is 2. The predicted molar refractivity (Wildman–Crippen MR) is 90.9 cm³/mol. The van der Waals surface area contributed by atoms with Gasteiger partial charge in [0, 0.05) is 12.1 Å². The summed E-state index contributed by atoms with van der Waals surface area (Å²) in [6.07, 6.45) is 0.347. The third-order valence-electron chi connectivity index (χ3n) is 3.52. The lowest BCUT2D eigenvalue weighted by Crippen LogP contribution is -2.15. The molecule has 0 radical (unpaired) electrons.